The minimum atomic E-state index is 0.528. The molecule has 20 heavy (non-hydrogen) atoms. The fourth-order valence-corrected chi connectivity index (χ4v) is 2.32. The van der Waals surface area contributed by atoms with E-state index in [9.17, 15) is 0 Å². The molecule has 0 aliphatic rings. The Morgan fingerprint density at radius 2 is 2.00 bits per heavy atom. The first kappa shape index (κ1) is 14.4. The summed E-state index contributed by atoms with van der Waals surface area (Å²) in [5, 5.41) is 0. The molecule has 1 aromatic carbocycles. The number of aryl methyl sites for hydroxylation is 1. The number of rotatable bonds is 5. The van der Waals surface area contributed by atoms with Crippen molar-refractivity contribution in [3.05, 3.63) is 30.1 Å². The third kappa shape index (κ3) is 2.79. The van der Waals surface area contributed by atoms with Gasteiger partial charge in [-0.3, -0.25) is 0 Å². The third-order valence-electron chi connectivity index (χ3n) is 3.19. The topological polar surface area (TPSA) is 53.1 Å². The van der Waals surface area contributed by atoms with Gasteiger partial charge in [-0.15, -0.1) is 0 Å². The molecule has 108 valence electrons. The molecule has 2 aromatic rings. The van der Waals surface area contributed by atoms with E-state index in [4.69, 9.17) is 10.5 Å². The first-order chi connectivity index (χ1) is 9.54. The van der Waals surface area contributed by atoms with Crippen LogP contribution in [0.3, 0.4) is 0 Å². The van der Waals surface area contributed by atoms with Crippen LogP contribution in [0.5, 0.6) is 5.75 Å². The molecular weight excluding hydrogens is 250 g/mol. The summed E-state index contributed by atoms with van der Waals surface area (Å²) in [6, 6.07) is 7.90. The molecule has 0 aliphatic carbocycles. The lowest BCUT2D eigenvalue weighted by Gasteiger charge is -2.11. The molecule has 1 aromatic heterocycles. The predicted octanol–water partition coefficient (Wildman–Crippen LogP) is 3.50. The van der Waals surface area contributed by atoms with Crippen molar-refractivity contribution in [3.8, 4) is 17.0 Å². The van der Waals surface area contributed by atoms with Gasteiger partial charge in [0, 0.05) is 12.1 Å². The van der Waals surface area contributed by atoms with Crippen molar-refractivity contribution < 1.29 is 4.74 Å². The summed E-state index contributed by atoms with van der Waals surface area (Å²) in [7, 11) is 0. The van der Waals surface area contributed by atoms with E-state index in [1.165, 1.54) is 0 Å². The quantitative estimate of drug-likeness (QED) is 0.907. The number of para-hydroxylation sites is 1. The second kappa shape index (κ2) is 5.99. The summed E-state index contributed by atoms with van der Waals surface area (Å²) in [6.07, 6.45) is 0. The van der Waals surface area contributed by atoms with Crippen LogP contribution in [-0.4, -0.2) is 16.2 Å². The van der Waals surface area contributed by atoms with Crippen molar-refractivity contribution in [1.29, 1.82) is 0 Å². The van der Waals surface area contributed by atoms with E-state index in [2.05, 4.69) is 23.4 Å². The van der Waals surface area contributed by atoms with Crippen LogP contribution in [0.2, 0.25) is 0 Å². The van der Waals surface area contributed by atoms with Crippen LogP contribution in [0.1, 0.15) is 26.6 Å². The second-order valence-electron chi connectivity index (χ2n) is 5.33. The van der Waals surface area contributed by atoms with Crippen molar-refractivity contribution in [2.45, 2.75) is 34.2 Å². The number of anilines is 1. The lowest BCUT2D eigenvalue weighted by atomic mass is 10.1. The molecule has 2 N–H and O–H groups in total. The molecule has 0 amide bonds. The molecule has 0 unspecified atom stereocenters. The maximum atomic E-state index is 6.29. The second-order valence-corrected chi connectivity index (χ2v) is 5.33. The fourth-order valence-electron chi connectivity index (χ4n) is 2.32. The summed E-state index contributed by atoms with van der Waals surface area (Å²) in [4.78, 5) is 4.63. The van der Waals surface area contributed by atoms with Gasteiger partial charge in [-0.2, -0.15) is 0 Å². The monoisotopic (exact) mass is 273 g/mol. The predicted molar refractivity (Wildman–Crippen MR) is 82.8 cm³/mol. The maximum absolute atomic E-state index is 6.29. The maximum Gasteiger partial charge on any atom is 0.131 e. The number of nitrogens with two attached hydrogens (primary N) is 1. The van der Waals surface area contributed by atoms with Crippen LogP contribution >= 0.6 is 0 Å². The van der Waals surface area contributed by atoms with E-state index in [0.717, 1.165) is 29.4 Å². The van der Waals surface area contributed by atoms with Gasteiger partial charge in [0.25, 0.3) is 0 Å². The van der Waals surface area contributed by atoms with E-state index in [0.29, 0.717) is 18.3 Å². The number of ether oxygens (including phenoxy) is 1. The Hall–Kier alpha value is -1.97. The Kier molecular flexibility index (Phi) is 4.32. The highest BCUT2D eigenvalue weighted by Crippen LogP contribution is 2.33. The first-order valence-electron chi connectivity index (χ1n) is 7.09. The van der Waals surface area contributed by atoms with Crippen LogP contribution in [-0.2, 0) is 6.54 Å². The van der Waals surface area contributed by atoms with Gasteiger partial charge >= 0.3 is 0 Å². The Labute approximate surface area is 120 Å². The molecule has 1 heterocycles. The average molecular weight is 273 g/mol. The number of nitrogen functional groups attached to an aromatic ring is 1. The first-order valence-corrected chi connectivity index (χ1v) is 7.09. The standard InChI is InChI=1S/C16H23N3O/c1-5-20-14-9-7-6-8-13(14)15-16(17)19(10-11(2)3)12(4)18-15/h6-9,11H,5,10,17H2,1-4H3. The molecule has 0 aliphatic heterocycles. The third-order valence-corrected chi connectivity index (χ3v) is 3.19. The zero-order chi connectivity index (χ0) is 14.7. The highest BCUT2D eigenvalue weighted by atomic mass is 16.5. The van der Waals surface area contributed by atoms with Crippen LogP contribution < -0.4 is 10.5 Å². The molecule has 2 rings (SSSR count). The van der Waals surface area contributed by atoms with Crippen molar-refractivity contribution >= 4 is 5.82 Å². The largest absolute Gasteiger partial charge is 0.493 e. The number of aromatic nitrogens is 2. The molecule has 0 fully saturated rings. The van der Waals surface area contributed by atoms with Crippen LogP contribution in [0, 0.1) is 12.8 Å². The van der Waals surface area contributed by atoms with Gasteiger partial charge in [0.05, 0.1) is 6.61 Å². The van der Waals surface area contributed by atoms with Gasteiger partial charge < -0.3 is 15.0 Å². The molecule has 0 saturated carbocycles. The van der Waals surface area contributed by atoms with E-state index < -0.39 is 0 Å². The van der Waals surface area contributed by atoms with Crippen LogP contribution in [0.15, 0.2) is 24.3 Å². The van der Waals surface area contributed by atoms with Gasteiger partial charge in [0.2, 0.25) is 0 Å². The van der Waals surface area contributed by atoms with Crippen molar-refractivity contribution in [2.24, 2.45) is 5.92 Å². The number of hydrogen-bond donors (Lipinski definition) is 1. The zero-order valence-electron chi connectivity index (χ0n) is 12.7. The van der Waals surface area contributed by atoms with Crippen molar-refractivity contribution in [1.82, 2.24) is 9.55 Å². The van der Waals surface area contributed by atoms with Gasteiger partial charge in [0.15, 0.2) is 0 Å². The smallest absolute Gasteiger partial charge is 0.131 e. The molecule has 0 atom stereocenters. The van der Waals surface area contributed by atoms with E-state index >= 15 is 0 Å². The lowest BCUT2D eigenvalue weighted by molar-refractivity contribution is 0.341. The average Bonchev–Trinajstić information content (AvgIpc) is 2.67. The summed E-state index contributed by atoms with van der Waals surface area (Å²) in [5.74, 6) is 3.01. The summed E-state index contributed by atoms with van der Waals surface area (Å²) in [5.41, 5.74) is 8.06. The van der Waals surface area contributed by atoms with Gasteiger partial charge in [0.1, 0.15) is 23.1 Å². The van der Waals surface area contributed by atoms with Gasteiger partial charge in [-0.05, 0) is 31.9 Å². The minimum Gasteiger partial charge on any atom is -0.493 e. The van der Waals surface area contributed by atoms with Gasteiger partial charge in [-0.25, -0.2) is 4.98 Å². The molecule has 4 nitrogen and oxygen atoms in total. The molecule has 0 radical (unpaired) electrons. The number of benzene rings is 1. The minimum absolute atomic E-state index is 0.528. The van der Waals surface area contributed by atoms with Gasteiger partial charge in [-0.1, -0.05) is 26.0 Å². The lowest BCUT2D eigenvalue weighted by Crippen LogP contribution is -2.09. The Morgan fingerprint density at radius 3 is 2.65 bits per heavy atom. The van der Waals surface area contributed by atoms with Crippen molar-refractivity contribution in [2.75, 3.05) is 12.3 Å². The summed E-state index contributed by atoms with van der Waals surface area (Å²) in [6.45, 7) is 9.82. The number of imidazole rings is 1. The zero-order valence-corrected chi connectivity index (χ0v) is 12.7. The molecular formula is C16H23N3O. The number of nitrogens with zero attached hydrogens (tertiary/aromatic N) is 2. The molecule has 0 spiro atoms. The fraction of sp³-hybridized carbons (Fsp3) is 0.438. The molecule has 4 heteroatoms. The van der Waals surface area contributed by atoms with Crippen molar-refractivity contribution in [3.63, 3.8) is 0 Å². The normalized spacial score (nSPS) is 11.1. The Morgan fingerprint density at radius 1 is 1.30 bits per heavy atom. The molecule has 0 bridgehead atoms. The Bertz CT molecular complexity index is 587. The van der Waals surface area contributed by atoms with E-state index in [-0.39, 0.29) is 0 Å². The van der Waals surface area contributed by atoms with Crippen LogP contribution in [0.4, 0.5) is 5.82 Å². The molecule has 0 saturated heterocycles. The number of hydrogen-bond acceptors (Lipinski definition) is 3. The van der Waals surface area contributed by atoms with Crippen LogP contribution in [0.25, 0.3) is 11.3 Å². The highest BCUT2D eigenvalue weighted by Gasteiger charge is 2.17. The SMILES string of the molecule is CCOc1ccccc1-c1nc(C)n(CC(C)C)c1N. The summed E-state index contributed by atoms with van der Waals surface area (Å²) < 4.78 is 7.74. The van der Waals surface area contributed by atoms with E-state index in [1.54, 1.807) is 0 Å². The van der Waals surface area contributed by atoms with E-state index in [1.807, 2.05) is 38.1 Å². The highest BCUT2D eigenvalue weighted by molar-refractivity contribution is 5.76. The Balaban J connectivity index is 2.48. The summed E-state index contributed by atoms with van der Waals surface area (Å²) >= 11 is 0.